The lowest BCUT2D eigenvalue weighted by Gasteiger charge is -2.11. The minimum absolute atomic E-state index is 0.0196. The van der Waals surface area contributed by atoms with Crippen LogP contribution in [0.25, 0.3) is 81.4 Å². The Morgan fingerprint density at radius 3 is 0.796 bits per heavy atom. The third-order valence-electron chi connectivity index (χ3n) is 10.3. The van der Waals surface area contributed by atoms with Crippen LogP contribution in [0.3, 0.4) is 0 Å². The molecule has 0 aliphatic carbocycles. The van der Waals surface area contributed by atoms with Crippen LogP contribution in [-0.2, 0) is 0 Å². The quantitative estimate of drug-likeness (QED) is 0.0964. The van der Waals surface area contributed by atoms with Gasteiger partial charge in [-0.3, -0.25) is 0 Å². The van der Waals surface area contributed by atoms with Gasteiger partial charge in [-0.15, -0.1) is 0 Å². The van der Waals surface area contributed by atoms with Gasteiger partial charge in [0.15, 0.2) is 23.3 Å². The normalized spacial score (nSPS) is 11.9. The molecule has 10 heteroatoms. The maximum Gasteiger partial charge on any atom is 0.357 e. The van der Waals surface area contributed by atoms with Gasteiger partial charge in [0.1, 0.15) is 5.69 Å². The van der Waals surface area contributed by atoms with Gasteiger partial charge in [-0.2, -0.15) is 9.03 Å². The molecule has 5 nitrogen and oxygen atoms in total. The topological polar surface area (TPSA) is 47.9 Å². The van der Waals surface area contributed by atoms with Crippen molar-refractivity contribution in [2.45, 2.75) is 0 Å². The Hall–Kier alpha value is -7.07. The zero-order chi connectivity index (χ0) is 37.0. The molecule has 0 atom stereocenters. The molecule has 260 valence electrons. The summed E-state index contributed by atoms with van der Waals surface area (Å²) in [6.07, 6.45) is 0. The molecule has 23 aromatic carbocycles. The van der Waals surface area contributed by atoms with E-state index >= 15 is 8.78 Å². The van der Waals surface area contributed by atoms with Crippen LogP contribution < -0.4 is 11.4 Å². The molecule has 0 spiro atoms. The molecule has 14 bridgehead atoms. The van der Waals surface area contributed by atoms with Crippen molar-refractivity contribution in [3.63, 3.8) is 0 Å². The average molecular weight is 720 g/mol. The molecule has 0 fully saturated rings. The van der Waals surface area contributed by atoms with Gasteiger partial charge < -0.3 is 0 Å². The van der Waals surface area contributed by atoms with Crippen molar-refractivity contribution in [1.82, 2.24) is 13.6 Å². The zero-order valence-electron chi connectivity index (χ0n) is 27.7. The van der Waals surface area contributed by atoms with Crippen LogP contribution in [-0.4, -0.2) is 13.6 Å². The smallest absolute Gasteiger partial charge is 0.245 e. The Bertz CT molecular complexity index is 3190. The Kier molecular flexibility index (Phi) is 6.72. The van der Waals surface area contributed by atoms with Crippen LogP contribution in [0, 0.1) is 29.1 Å². The Morgan fingerprint density at radius 2 is 0.537 bits per heavy atom. The molecule has 3 aromatic heterocycles. The second kappa shape index (κ2) is 11.5. The predicted octanol–water partition coefficient (Wildman–Crippen LogP) is 10.4. The molecule has 0 unspecified atom stereocenters. The molecule has 0 saturated carbocycles. The van der Waals surface area contributed by atoms with Gasteiger partial charge >= 0.3 is 11.4 Å². The Labute approximate surface area is 299 Å². The fourth-order valence-corrected chi connectivity index (χ4v) is 7.48. The molecule has 54 heavy (non-hydrogen) atoms. The van der Waals surface area contributed by atoms with E-state index in [1.807, 2.05) is 72.8 Å². The van der Waals surface area contributed by atoms with E-state index in [0.29, 0.717) is 21.5 Å². The molecule has 26 rings (SSSR count). The number of hydrogen-bond acceptors (Lipinski definition) is 2. The summed E-state index contributed by atoms with van der Waals surface area (Å²) in [7, 11) is 0. The van der Waals surface area contributed by atoms with Gasteiger partial charge in [0.05, 0.1) is 11.0 Å². The summed E-state index contributed by atoms with van der Waals surface area (Å²) in [5.74, 6) is -11.6. The molecule has 3 heterocycles. The highest BCUT2D eigenvalue weighted by atomic mass is 19.2. The van der Waals surface area contributed by atoms with Gasteiger partial charge in [0.2, 0.25) is 5.82 Å². The summed E-state index contributed by atoms with van der Waals surface area (Å²) in [6, 6.07) is 43.2. The number of halogens is 5. The lowest BCUT2D eigenvalue weighted by atomic mass is 10.0. The number of nitrogens with zero attached hydrogens (tertiary/aromatic N) is 3. The van der Waals surface area contributed by atoms with E-state index in [4.69, 9.17) is 0 Å². The van der Waals surface area contributed by atoms with Crippen molar-refractivity contribution in [1.29, 1.82) is 0 Å². The van der Waals surface area contributed by atoms with Crippen molar-refractivity contribution in [3.05, 3.63) is 184 Å². The minimum Gasteiger partial charge on any atom is -0.245 e. The van der Waals surface area contributed by atoms with Gasteiger partial charge in [0, 0.05) is 10.8 Å². The fourth-order valence-electron chi connectivity index (χ4n) is 7.48. The van der Waals surface area contributed by atoms with Crippen molar-refractivity contribution in [2.24, 2.45) is 0 Å². The van der Waals surface area contributed by atoms with Gasteiger partial charge in [-0.1, -0.05) is 121 Å². The monoisotopic (exact) mass is 719 g/mol. The van der Waals surface area contributed by atoms with Crippen LogP contribution in [0.1, 0.15) is 0 Å². The first kappa shape index (κ1) is 31.6. The fraction of sp³-hybridized carbons (Fsp3) is 0. The summed E-state index contributed by atoms with van der Waals surface area (Å²) >= 11 is 0. The number of hydrogen-bond donors (Lipinski definition) is 0. The van der Waals surface area contributed by atoms with E-state index in [9.17, 15) is 22.8 Å². The van der Waals surface area contributed by atoms with Crippen LogP contribution >= 0.6 is 0 Å². The number of aromatic nitrogens is 3. The summed E-state index contributed by atoms with van der Waals surface area (Å²) in [6.45, 7) is 0. The van der Waals surface area contributed by atoms with Crippen LogP contribution in [0.15, 0.2) is 143 Å². The summed E-state index contributed by atoms with van der Waals surface area (Å²) in [5.41, 5.74) is -3.94. The van der Waals surface area contributed by atoms with E-state index in [0.717, 1.165) is 52.1 Å². The zero-order valence-corrected chi connectivity index (χ0v) is 27.7. The largest absolute Gasteiger partial charge is 0.357 e. The molecule has 0 radical (unpaired) electrons. The van der Waals surface area contributed by atoms with Gasteiger partial charge in [-0.25, -0.2) is 36.1 Å². The van der Waals surface area contributed by atoms with Crippen molar-refractivity contribution >= 4 is 75.7 Å². The van der Waals surface area contributed by atoms with Crippen molar-refractivity contribution in [3.8, 4) is 5.69 Å². The predicted molar refractivity (Wildman–Crippen MR) is 203 cm³/mol. The molecular formula is C44H22F5N3O2. The minimum atomic E-state index is -2.40. The second-order valence-corrected chi connectivity index (χ2v) is 13.2. The Balaban J connectivity index is 1.34. The Morgan fingerprint density at radius 1 is 0.315 bits per heavy atom. The van der Waals surface area contributed by atoms with Crippen LogP contribution in [0.5, 0.6) is 0 Å². The molecule has 26 aromatic rings. The van der Waals surface area contributed by atoms with Gasteiger partial charge in [0.25, 0.3) is 0 Å². The van der Waals surface area contributed by atoms with Crippen LogP contribution in [0.2, 0.25) is 0 Å². The highest BCUT2D eigenvalue weighted by Gasteiger charge is 2.31. The van der Waals surface area contributed by atoms with E-state index in [1.165, 1.54) is 0 Å². The lowest BCUT2D eigenvalue weighted by molar-refractivity contribution is 0.374. The second-order valence-electron chi connectivity index (χ2n) is 13.2. The molecule has 0 N–H and O–H groups in total. The maximum atomic E-state index is 15.1. The highest BCUT2D eigenvalue weighted by molar-refractivity contribution is 6.09. The summed E-state index contributed by atoms with van der Waals surface area (Å²) in [5, 5.41) is 10.4. The van der Waals surface area contributed by atoms with Gasteiger partial charge in [-0.05, 0) is 66.0 Å². The third kappa shape index (κ3) is 4.49. The van der Waals surface area contributed by atoms with E-state index in [2.05, 4.69) is 48.5 Å². The lowest BCUT2D eigenvalue weighted by Crippen LogP contribution is -2.29. The molecule has 0 saturated heterocycles. The third-order valence-corrected chi connectivity index (χ3v) is 10.3. The average Bonchev–Trinajstić information content (AvgIpc) is 3.49. The van der Waals surface area contributed by atoms with E-state index in [1.54, 1.807) is 12.1 Å². The first-order chi connectivity index (χ1) is 26.2. The van der Waals surface area contributed by atoms with Crippen molar-refractivity contribution < 1.29 is 22.0 Å². The highest BCUT2D eigenvalue weighted by Crippen LogP contribution is 2.31. The standard InChI is InChI=1S/C44H22F5N3O2/c45-37-38(46)40(48)42(41(49)39(37)47)50-43(53)51-35-22-34-32-19-15-30(16-20-32)28-11-7-26(8-12-28)24-2-1-23(3-4-24)25-5-9-27(10-6-25)29-13-17-31(18-14-29)33(35)21-36(34)52(51)44(50)54/h1-22H. The maximum absolute atomic E-state index is 15.1. The molecule has 0 aliphatic heterocycles. The first-order valence-electron chi connectivity index (χ1n) is 16.9. The summed E-state index contributed by atoms with van der Waals surface area (Å²) < 4.78 is 74.7. The first-order valence-corrected chi connectivity index (χ1v) is 16.9. The SMILES string of the molecule is O=c1n(-c2c(F)c(F)c(F)c(F)c2F)c(=O)n2c3cc4c5ccc(cc5)c5ccc(cc5)c5ccc(cc5)c5ccc(cc5)c5ccc(cc5)c3cc4n12. The number of benzene rings is 7. The molecule has 0 amide bonds. The number of rotatable bonds is 1. The van der Waals surface area contributed by atoms with Crippen LogP contribution in [0.4, 0.5) is 22.0 Å². The van der Waals surface area contributed by atoms with Crippen molar-refractivity contribution in [2.75, 3.05) is 0 Å². The van der Waals surface area contributed by atoms with E-state index < -0.39 is 46.2 Å². The van der Waals surface area contributed by atoms with E-state index in [-0.39, 0.29) is 15.6 Å². The molecule has 0 aliphatic rings. The summed E-state index contributed by atoms with van der Waals surface area (Å²) in [4.78, 5) is 28.0. The molecular weight excluding hydrogens is 697 g/mol.